The third-order valence-corrected chi connectivity index (χ3v) is 3.98. The molecule has 0 saturated heterocycles. The van der Waals surface area contributed by atoms with Crippen molar-refractivity contribution in [3.63, 3.8) is 0 Å². The van der Waals surface area contributed by atoms with E-state index >= 15 is 0 Å². The maximum absolute atomic E-state index is 14.0. The molecule has 4 nitrogen and oxygen atoms in total. The zero-order valence-corrected chi connectivity index (χ0v) is 15.0. The lowest BCUT2D eigenvalue weighted by molar-refractivity contribution is 0.0953. The van der Waals surface area contributed by atoms with Crippen LogP contribution in [0, 0.1) is 30.2 Å². The Morgan fingerprint density at radius 1 is 0.897 bits per heavy atom. The van der Waals surface area contributed by atoms with E-state index in [-0.39, 0.29) is 11.3 Å². The maximum Gasteiger partial charge on any atom is 0.275 e. The highest BCUT2D eigenvalue weighted by Crippen LogP contribution is 2.25. The van der Waals surface area contributed by atoms with E-state index in [1.54, 1.807) is 48.5 Å². The molecule has 0 saturated carbocycles. The van der Waals surface area contributed by atoms with Crippen LogP contribution in [0.2, 0.25) is 0 Å². The average molecular weight is 402 g/mol. The largest absolute Gasteiger partial charge is 0.457 e. The van der Waals surface area contributed by atoms with Crippen molar-refractivity contribution >= 4 is 12.1 Å². The summed E-state index contributed by atoms with van der Waals surface area (Å²) in [7, 11) is 0. The van der Waals surface area contributed by atoms with Gasteiger partial charge >= 0.3 is 0 Å². The molecule has 0 spiro atoms. The van der Waals surface area contributed by atoms with Crippen molar-refractivity contribution in [2.45, 2.75) is 6.92 Å². The molecule has 0 fully saturated rings. The second-order valence-corrected chi connectivity index (χ2v) is 5.91. The number of nitrogens with zero attached hydrogens (tertiary/aromatic N) is 1. The Morgan fingerprint density at radius 2 is 1.55 bits per heavy atom. The topological polar surface area (TPSA) is 50.7 Å². The van der Waals surface area contributed by atoms with E-state index in [2.05, 4.69) is 10.5 Å². The Morgan fingerprint density at radius 3 is 2.28 bits per heavy atom. The van der Waals surface area contributed by atoms with Crippen LogP contribution in [0.25, 0.3) is 0 Å². The Bertz CT molecular complexity index is 1060. The lowest BCUT2D eigenvalue weighted by atomic mass is 10.1. The van der Waals surface area contributed by atoms with Gasteiger partial charge in [0.05, 0.1) is 17.3 Å². The number of hydrogen-bond donors (Lipinski definition) is 1. The van der Waals surface area contributed by atoms with Gasteiger partial charge in [-0.1, -0.05) is 30.3 Å². The van der Waals surface area contributed by atoms with Crippen LogP contribution in [-0.2, 0) is 0 Å². The molecular formula is C21H14F4N2O2. The van der Waals surface area contributed by atoms with Gasteiger partial charge in [0.2, 0.25) is 0 Å². The first-order valence-corrected chi connectivity index (χ1v) is 8.38. The summed E-state index contributed by atoms with van der Waals surface area (Å²) >= 11 is 0. The van der Waals surface area contributed by atoms with Gasteiger partial charge in [0, 0.05) is 5.56 Å². The van der Waals surface area contributed by atoms with Crippen LogP contribution < -0.4 is 10.2 Å². The molecule has 3 rings (SSSR count). The number of hydrogen-bond acceptors (Lipinski definition) is 3. The number of amides is 1. The zero-order valence-electron chi connectivity index (χ0n) is 15.0. The zero-order chi connectivity index (χ0) is 21.0. The Kier molecular flexibility index (Phi) is 5.92. The SMILES string of the molecule is Cc1c(F)c(F)c(F)c(/C=N/NC(=O)c2ccccc2Oc2ccccc2)c1F. The van der Waals surface area contributed by atoms with Gasteiger partial charge in [0.1, 0.15) is 17.3 Å². The van der Waals surface area contributed by atoms with Crippen molar-refractivity contribution in [3.8, 4) is 11.5 Å². The molecule has 3 aromatic rings. The number of carbonyl (C=O) groups is 1. The highest BCUT2D eigenvalue weighted by molar-refractivity contribution is 5.97. The fourth-order valence-electron chi connectivity index (χ4n) is 2.46. The van der Waals surface area contributed by atoms with Crippen molar-refractivity contribution in [2.24, 2.45) is 5.10 Å². The van der Waals surface area contributed by atoms with Gasteiger partial charge < -0.3 is 4.74 Å². The minimum atomic E-state index is -1.82. The predicted molar refractivity (Wildman–Crippen MR) is 99.0 cm³/mol. The van der Waals surface area contributed by atoms with Gasteiger partial charge in [0.15, 0.2) is 17.5 Å². The standard InChI is InChI=1S/C21H14F4N2O2/c1-12-17(22)15(19(24)20(25)18(12)23)11-26-27-21(28)14-9-5-6-10-16(14)29-13-7-3-2-4-8-13/h2-11H,1H3,(H,27,28)/b26-11+. The maximum atomic E-state index is 14.0. The van der Waals surface area contributed by atoms with Crippen LogP contribution >= 0.6 is 0 Å². The van der Waals surface area contributed by atoms with E-state index < -0.39 is 40.3 Å². The number of halogens is 4. The van der Waals surface area contributed by atoms with Crippen molar-refractivity contribution < 1.29 is 27.1 Å². The number of carbonyl (C=O) groups excluding carboxylic acids is 1. The third kappa shape index (κ3) is 4.26. The lowest BCUT2D eigenvalue weighted by Crippen LogP contribution is -2.19. The quantitative estimate of drug-likeness (QED) is 0.212. The van der Waals surface area contributed by atoms with Crippen LogP contribution in [0.15, 0.2) is 59.7 Å². The second-order valence-electron chi connectivity index (χ2n) is 5.91. The molecule has 0 bridgehead atoms. The van der Waals surface area contributed by atoms with E-state index in [4.69, 9.17) is 4.74 Å². The van der Waals surface area contributed by atoms with E-state index in [1.807, 2.05) is 0 Å². The predicted octanol–water partition coefficient (Wildman–Crippen LogP) is 5.11. The molecule has 148 valence electrons. The Balaban J connectivity index is 1.81. The number of rotatable bonds is 5. The fraction of sp³-hybridized carbons (Fsp3) is 0.0476. The first kappa shape index (κ1) is 20.1. The minimum Gasteiger partial charge on any atom is -0.457 e. The minimum absolute atomic E-state index is 0.107. The smallest absolute Gasteiger partial charge is 0.275 e. The first-order valence-electron chi connectivity index (χ1n) is 8.38. The van der Waals surface area contributed by atoms with Crippen molar-refractivity contribution in [3.05, 3.63) is 94.6 Å². The van der Waals surface area contributed by atoms with Gasteiger partial charge in [-0.15, -0.1) is 0 Å². The fourth-order valence-corrected chi connectivity index (χ4v) is 2.46. The number of para-hydroxylation sites is 2. The van der Waals surface area contributed by atoms with Gasteiger partial charge in [-0.25, -0.2) is 23.0 Å². The molecule has 0 aliphatic heterocycles. The van der Waals surface area contributed by atoms with Crippen molar-refractivity contribution in [1.82, 2.24) is 5.43 Å². The van der Waals surface area contributed by atoms with Crippen LogP contribution in [-0.4, -0.2) is 12.1 Å². The molecule has 3 aromatic carbocycles. The molecule has 0 heterocycles. The van der Waals surface area contributed by atoms with Crippen molar-refractivity contribution in [1.29, 1.82) is 0 Å². The average Bonchev–Trinajstić information content (AvgIpc) is 2.74. The molecule has 0 radical (unpaired) electrons. The second kappa shape index (κ2) is 8.55. The van der Waals surface area contributed by atoms with Crippen LogP contribution in [0.5, 0.6) is 11.5 Å². The summed E-state index contributed by atoms with van der Waals surface area (Å²) in [6, 6.07) is 15.0. The summed E-state index contributed by atoms with van der Waals surface area (Å²) in [5, 5.41) is 3.45. The third-order valence-electron chi connectivity index (χ3n) is 3.98. The van der Waals surface area contributed by atoms with Gasteiger partial charge in [-0.2, -0.15) is 5.10 Å². The molecule has 0 atom stereocenters. The Labute approximate surface area is 163 Å². The van der Waals surface area contributed by atoms with Crippen LogP contribution in [0.4, 0.5) is 17.6 Å². The number of hydrazone groups is 1. The highest BCUT2D eigenvalue weighted by atomic mass is 19.2. The van der Waals surface area contributed by atoms with E-state index in [9.17, 15) is 22.4 Å². The Hall–Kier alpha value is -3.68. The molecule has 1 N–H and O–H groups in total. The summed E-state index contributed by atoms with van der Waals surface area (Å²) in [6.45, 7) is 0.959. The number of benzene rings is 3. The molecule has 1 amide bonds. The first-order chi connectivity index (χ1) is 13.9. The van der Waals surface area contributed by atoms with Crippen molar-refractivity contribution in [2.75, 3.05) is 0 Å². The number of nitrogens with one attached hydrogen (secondary N) is 1. The van der Waals surface area contributed by atoms with E-state index in [0.29, 0.717) is 12.0 Å². The van der Waals surface area contributed by atoms with Gasteiger partial charge in [0.25, 0.3) is 5.91 Å². The van der Waals surface area contributed by atoms with E-state index in [1.165, 1.54) is 6.07 Å². The summed E-state index contributed by atoms with van der Waals surface area (Å²) in [5.41, 5.74) is 0.587. The molecule has 0 aliphatic carbocycles. The molecule has 29 heavy (non-hydrogen) atoms. The van der Waals surface area contributed by atoms with Gasteiger partial charge in [-0.3, -0.25) is 4.79 Å². The monoisotopic (exact) mass is 402 g/mol. The summed E-state index contributed by atoms with van der Waals surface area (Å²) in [5.74, 6) is -6.49. The summed E-state index contributed by atoms with van der Waals surface area (Å²) in [4.78, 5) is 12.4. The van der Waals surface area contributed by atoms with Crippen LogP contribution in [0.3, 0.4) is 0 Å². The molecule has 0 aromatic heterocycles. The number of ether oxygens (including phenoxy) is 1. The summed E-state index contributed by atoms with van der Waals surface area (Å²) in [6.07, 6.45) is 0.568. The highest BCUT2D eigenvalue weighted by Gasteiger charge is 2.22. The lowest BCUT2D eigenvalue weighted by Gasteiger charge is -2.10. The summed E-state index contributed by atoms with van der Waals surface area (Å²) < 4.78 is 60.2. The molecule has 0 aliphatic rings. The van der Waals surface area contributed by atoms with E-state index in [0.717, 1.165) is 6.92 Å². The van der Waals surface area contributed by atoms with Crippen LogP contribution in [0.1, 0.15) is 21.5 Å². The molecule has 0 unspecified atom stereocenters. The normalized spacial score (nSPS) is 10.9. The van der Waals surface area contributed by atoms with Gasteiger partial charge in [-0.05, 0) is 31.2 Å². The molecular weight excluding hydrogens is 388 g/mol. The molecule has 8 heteroatoms.